The lowest BCUT2D eigenvalue weighted by Gasteiger charge is -2.03. The van der Waals surface area contributed by atoms with Gasteiger partial charge in [-0.3, -0.25) is 4.68 Å². The summed E-state index contributed by atoms with van der Waals surface area (Å²) in [5, 5.41) is 3.80. The predicted molar refractivity (Wildman–Crippen MR) is 47.5 cm³/mol. The zero-order valence-electron chi connectivity index (χ0n) is 8.03. The summed E-state index contributed by atoms with van der Waals surface area (Å²) in [4.78, 5) is 11.2. The molecule has 1 aromatic rings. The van der Waals surface area contributed by atoms with Crippen molar-refractivity contribution in [2.75, 3.05) is 13.7 Å². The number of hydrogen-bond acceptors (Lipinski definition) is 4. The van der Waals surface area contributed by atoms with E-state index in [1.807, 2.05) is 0 Å². The van der Waals surface area contributed by atoms with Crippen molar-refractivity contribution in [2.24, 2.45) is 12.8 Å². The van der Waals surface area contributed by atoms with Gasteiger partial charge in [-0.25, -0.2) is 9.18 Å². The summed E-state index contributed by atoms with van der Waals surface area (Å²) < 4.78 is 19.1. The Hall–Kier alpha value is -1.43. The second-order valence-electron chi connectivity index (χ2n) is 2.80. The average Bonchev–Trinajstić information content (AvgIpc) is 2.58. The first kappa shape index (κ1) is 10.6. The average molecular weight is 201 g/mol. The van der Waals surface area contributed by atoms with Gasteiger partial charge in [-0.05, 0) is 0 Å². The van der Waals surface area contributed by atoms with Gasteiger partial charge in [-0.15, -0.1) is 0 Å². The van der Waals surface area contributed by atoms with Crippen LogP contribution >= 0.6 is 0 Å². The second-order valence-corrected chi connectivity index (χ2v) is 2.80. The van der Waals surface area contributed by atoms with Crippen molar-refractivity contribution < 1.29 is 13.9 Å². The number of ether oxygens (including phenoxy) is 1. The van der Waals surface area contributed by atoms with Gasteiger partial charge in [0.15, 0.2) is 5.69 Å². The standard InChI is InChI=1S/C8H12FN3O2/c1-12-4-5(6(9)3-10)7(11-12)8(13)14-2/h4,6H,3,10H2,1-2H3. The first-order valence-electron chi connectivity index (χ1n) is 4.06. The van der Waals surface area contributed by atoms with Gasteiger partial charge in [-0.1, -0.05) is 0 Å². The van der Waals surface area contributed by atoms with Crippen LogP contribution in [0.1, 0.15) is 22.2 Å². The Morgan fingerprint density at radius 2 is 2.50 bits per heavy atom. The molecule has 1 aromatic heterocycles. The monoisotopic (exact) mass is 201 g/mol. The maximum absolute atomic E-state index is 13.2. The molecule has 2 N–H and O–H groups in total. The van der Waals surface area contributed by atoms with E-state index in [4.69, 9.17) is 5.73 Å². The lowest BCUT2D eigenvalue weighted by molar-refractivity contribution is 0.0589. The minimum Gasteiger partial charge on any atom is -0.464 e. The van der Waals surface area contributed by atoms with Gasteiger partial charge in [0.2, 0.25) is 0 Å². The Balaban J connectivity index is 3.08. The molecule has 0 saturated carbocycles. The van der Waals surface area contributed by atoms with Gasteiger partial charge in [0.1, 0.15) is 6.17 Å². The van der Waals surface area contributed by atoms with E-state index >= 15 is 0 Å². The summed E-state index contributed by atoms with van der Waals surface area (Å²) in [6.45, 7) is -0.185. The molecule has 1 rings (SSSR count). The zero-order valence-corrected chi connectivity index (χ0v) is 8.03. The highest BCUT2D eigenvalue weighted by Crippen LogP contribution is 2.19. The minimum atomic E-state index is -1.39. The molecular formula is C8H12FN3O2. The van der Waals surface area contributed by atoms with Crippen LogP contribution in [0.3, 0.4) is 0 Å². The van der Waals surface area contributed by atoms with E-state index in [-0.39, 0.29) is 17.8 Å². The first-order chi connectivity index (χ1) is 6.60. The van der Waals surface area contributed by atoms with Gasteiger partial charge >= 0.3 is 5.97 Å². The van der Waals surface area contributed by atoms with E-state index in [0.717, 1.165) is 0 Å². The van der Waals surface area contributed by atoms with Crippen molar-refractivity contribution in [2.45, 2.75) is 6.17 Å². The number of alkyl halides is 1. The fourth-order valence-electron chi connectivity index (χ4n) is 1.12. The van der Waals surface area contributed by atoms with Crippen molar-refractivity contribution in [3.05, 3.63) is 17.5 Å². The zero-order chi connectivity index (χ0) is 10.7. The third kappa shape index (κ3) is 1.90. The smallest absolute Gasteiger partial charge is 0.358 e. The van der Waals surface area contributed by atoms with Crippen LogP contribution in [-0.4, -0.2) is 29.4 Å². The van der Waals surface area contributed by atoms with E-state index in [1.54, 1.807) is 7.05 Å². The topological polar surface area (TPSA) is 70.1 Å². The molecule has 1 unspecified atom stereocenters. The summed E-state index contributed by atoms with van der Waals surface area (Å²) in [5.74, 6) is -0.656. The number of rotatable bonds is 3. The largest absolute Gasteiger partial charge is 0.464 e. The Bertz CT molecular complexity index is 337. The fourth-order valence-corrected chi connectivity index (χ4v) is 1.12. The van der Waals surface area contributed by atoms with Gasteiger partial charge in [-0.2, -0.15) is 5.10 Å². The van der Waals surface area contributed by atoms with Crippen molar-refractivity contribution in [3.63, 3.8) is 0 Å². The fraction of sp³-hybridized carbons (Fsp3) is 0.500. The molecular weight excluding hydrogens is 189 g/mol. The molecule has 1 heterocycles. The number of nitrogens with two attached hydrogens (primary N) is 1. The Morgan fingerprint density at radius 1 is 1.86 bits per heavy atom. The number of aromatic nitrogens is 2. The molecule has 0 aliphatic carbocycles. The molecule has 0 aliphatic rings. The Kier molecular flexibility index (Phi) is 3.19. The van der Waals surface area contributed by atoms with Crippen LogP contribution in [-0.2, 0) is 11.8 Å². The molecule has 0 aromatic carbocycles. The van der Waals surface area contributed by atoms with Crippen LogP contribution in [0.2, 0.25) is 0 Å². The lowest BCUT2D eigenvalue weighted by atomic mass is 10.1. The van der Waals surface area contributed by atoms with Crippen LogP contribution in [0.4, 0.5) is 4.39 Å². The molecule has 6 heteroatoms. The summed E-state index contributed by atoms with van der Waals surface area (Å²) in [7, 11) is 2.82. The number of carbonyl (C=O) groups excluding carboxylic acids is 1. The third-order valence-corrected chi connectivity index (χ3v) is 1.78. The molecule has 14 heavy (non-hydrogen) atoms. The second kappa shape index (κ2) is 4.19. The molecule has 0 fully saturated rings. The van der Waals surface area contributed by atoms with Gasteiger partial charge < -0.3 is 10.5 Å². The number of aryl methyl sites for hydroxylation is 1. The summed E-state index contributed by atoms with van der Waals surface area (Å²) in [6.07, 6.45) is 0.0295. The Morgan fingerprint density at radius 3 is 3.00 bits per heavy atom. The molecule has 0 saturated heterocycles. The highest BCUT2D eigenvalue weighted by atomic mass is 19.1. The molecule has 0 aliphatic heterocycles. The van der Waals surface area contributed by atoms with Crippen molar-refractivity contribution >= 4 is 5.97 Å². The van der Waals surface area contributed by atoms with Crippen LogP contribution in [0.5, 0.6) is 0 Å². The van der Waals surface area contributed by atoms with E-state index in [2.05, 4.69) is 9.84 Å². The van der Waals surface area contributed by atoms with Crippen molar-refractivity contribution in [1.82, 2.24) is 9.78 Å². The highest BCUT2D eigenvalue weighted by Gasteiger charge is 2.22. The highest BCUT2D eigenvalue weighted by molar-refractivity contribution is 5.88. The van der Waals surface area contributed by atoms with Gasteiger partial charge in [0.25, 0.3) is 0 Å². The number of nitrogens with zero attached hydrogens (tertiary/aromatic N) is 2. The maximum Gasteiger partial charge on any atom is 0.358 e. The van der Waals surface area contributed by atoms with E-state index in [1.165, 1.54) is 18.0 Å². The van der Waals surface area contributed by atoms with E-state index < -0.39 is 12.1 Å². The summed E-state index contributed by atoms with van der Waals surface area (Å²) in [6, 6.07) is 0. The maximum atomic E-state index is 13.2. The Labute approximate surface area is 80.6 Å². The molecule has 0 radical (unpaired) electrons. The molecule has 1 atom stereocenters. The lowest BCUT2D eigenvalue weighted by Crippen LogP contribution is -2.12. The summed E-state index contributed by atoms with van der Waals surface area (Å²) in [5.41, 5.74) is 5.31. The molecule has 0 spiro atoms. The predicted octanol–water partition coefficient (Wildman–Crippen LogP) is 0.176. The SMILES string of the molecule is COC(=O)c1nn(C)cc1C(F)CN. The number of carbonyl (C=O) groups is 1. The molecule has 78 valence electrons. The molecule has 5 nitrogen and oxygen atoms in total. The summed E-state index contributed by atoms with van der Waals surface area (Å²) >= 11 is 0. The number of methoxy groups -OCH3 is 1. The van der Waals surface area contributed by atoms with E-state index in [0.29, 0.717) is 0 Å². The number of esters is 1. The quantitative estimate of drug-likeness (QED) is 0.708. The molecule has 0 bridgehead atoms. The van der Waals surface area contributed by atoms with E-state index in [9.17, 15) is 9.18 Å². The van der Waals surface area contributed by atoms with Crippen molar-refractivity contribution in [1.29, 1.82) is 0 Å². The minimum absolute atomic E-state index is 0.0204. The van der Waals surface area contributed by atoms with Gasteiger partial charge in [0, 0.05) is 25.4 Å². The van der Waals surface area contributed by atoms with Crippen LogP contribution in [0.25, 0.3) is 0 Å². The number of hydrogen-bond donors (Lipinski definition) is 1. The normalized spacial score (nSPS) is 12.6. The van der Waals surface area contributed by atoms with Crippen molar-refractivity contribution in [3.8, 4) is 0 Å². The molecule has 0 amide bonds. The van der Waals surface area contributed by atoms with Crippen LogP contribution < -0.4 is 5.73 Å². The van der Waals surface area contributed by atoms with Crippen LogP contribution in [0, 0.1) is 0 Å². The third-order valence-electron chi connectivity index (χ3n) is 1.78. The van der Waals surface area contributed by atoms with Crippen LogP contribution in [0.15, 0.2) is 6.20 Å². The van der Waals surface area contributed by atoms with Gasteiger partial charge in [0.05, 0.1) is 7.11 Å². The number of halogens is 1. The first-order valence-corrected chi connectivity index (χ1v) is 4.06.